The molecule has 0 spiro atoms. The van der Waals surface area contributed by atoms with Gasteiger partial charge in [-0.25, -0.2) is 0 Å². The summed E-state index contributed by atoms with van der Waals surface area (Å²) in [6.45, 7) is 8.61. The van der Waals surface area contributed by atoms with Crippen molar-refractivity contribution in [3.05, 3.63) is 71.3 Å². The van der Waals surface area contributed by atoms with Gasteiger partial charge in [0.1, 0.15) is 0 Å². The van der Waals surface area contributed by atoms with Gasteiger partial charge in [0, 0.05) is 25.6 Å². The highest BCUT2D eigenvalue weighted by molar-refractivity contribution is 5.33. The van der Waals surface area contributed by atoms with E-state index in [1.165, 1.54) is 30.4 Å². The second kappa shape index (κ2) is 10.9. The van der Waals surface area contributed by atoms with Crippen molar-refractivity contribution in [3.63, 3.8) is 0 Å². The van der Waals surface area contributed by atoms with Crippen molar-refractivity contribution in [2.24, 2.45) is 0 Å². The van der Waals surface area contributed by atoms with Gasteiger partial charge in [-0.05, 0) is 24.5 Å². The van der Waals surface area contributed by atoms with Gasteiger partial charge in [0.15, 0.2) is 0 Å². The molecule has 3 rings (SSSR count). The number of nitrogens with zero attached hydrogens (tertiary/aromatic N) is 1. The molecule has 1 aliphatic rings. The van der Waals surface area contributed by atoms with Crippen LogP contribution < -0.4 is 0 Å². The van der Waals surface area contributed by atoms with Gasteiger partial charge in [0.2, 0.25) is 0 Å². The van der Waals surface area contributed by atoms with Gasteiger partial charge in [-0.15, -0.1) is 0 Å². The van der Waals surface area contributed by atoms with Gasteiger partial charge in [0.05, 0.1) is 18.8 Å². The molecule has 2 aromatic carbocycles. The quantitative estimate of drug-likeness (QED) is 0.556. The Morgan fingerprint density at radius 2 is 1.66 bits per heavy atom. The van der Waals surface area contributed by atoms with Crippen LogP contribution in [0.2, 0.25) is 0 Å². The highest BCUT2D eigenvalue weighted by Gasteiger charge is 2.40. The maximum absolute atomic E-state index is 12.3. The highest BCUT2D eigenvalue weighted by Crippen LogP contribution is 2.42. The topological polar surface area (TPSA) is 32.7 Å². The molecule has 29 heavy (non-hydrogen) atoms. The molecule has 0 amide bonds. The largest absolute Gasteiger partial charge is 0.384 e. The van der Waals surface area contributed by atoms with Crippen LogP contribution in [0, 0.1) is 6.92 Å². The molecular formula is C26H37NO2. The number of benzene rings is 2. The maximum atomic E-state index is 12.3. The molecular weight excluding hydrogens is 358 g/mol. The summed E-state index contributed by atoms with van der Waals surface area (Å²) in [7, 11) is 0. The molecule has 1 N–H and O–H groups in total. The number of aliphatic hydroxyl groups is 1. The second-order valence-electron chi connectivity index (χ2n) is 8.48. The minimum absolute atomic E-state index is 0.0335. The Hall–Kier alpha value is -1.68. The first kappa shape index (κ1) is 22.0. The van der Waals surface area contributed by atoms with Gasteiger partial charge in [0.25, 0.3) is 0 Å². The lowest BCUT2D eigenvalue weighted by Gasteiger charge is -2.41. The van der Waals surface area contributed by atoms with E-state index in [0.29, 0.717) is 0 Å². The number of aryl methyl sites for hydroxylation is 1. The van der Waals surface area contributed by atoms with Crippen molar-refractivity contribution >= 4 is 0 Å². The van der Waals surface area contributed by atoms with Crippen molar-refractivity contribution in [1.29, 1.82) is 0 Å². The van der Waals surface area contributed by atoms with E-state index in [9.17, 15) is 5.11 Å². The lowest BCUT2D eigenvalue weighted by Crippen LogP contribution is -2.45. The molecule has 1 fully saturated rings. The first-order valence-electron chi connectivity index (χ1n) is 11.3. The Balaban J connectivity index is 1.94. The first-order valence-corrected chi connectivity index (χ1v) is 11.3. The summed E-state index contributed by atoms with van der Waals surface area (Å²) in [4.78, 5) is 2.45. The zero-order chi connectivity index (χ0) is 20.5. The van der Waals surface area contributed by atoms with Crippen LogP contribution in [0.15, 0.2) is 54.6 Å². The second-order valence-corrected chi connectivity index (χ2v) is 8.48. The average Bonchev–Trinajstić information content (AvgIpc) is 2.77. The number of hydrogen-bond donors (Lipinski definition) is 1. The van der Waals surface area contributed by atoms with E-state index >= 15 is 0 Å². The molecule has 0 aromatic heterocycles. The Labute approximate surface area is 176 Å². The zero-order valence-corrected chi connectivity index (χ0v) is 18.1. The summed E-state index contributed by atoms with van der Waals surface area (Å²) < 4.78 is 5.56. The van der Waals surface area contributed by atoms with Crippen molar-refractivity contribution < 1.29 is 9.84 Å². The molecule has 158 valence electrons. The fourth-order valence-electron chi connectivity index (χ4n) is 4.44. The van der Waals surface area contributed by atoms with Crippen molar-refractivity contribution in [2.75, 3.05) is 32.8 Å². The molecule has 1 saturated heterocycles. The van der Waals surface area contributed by atoms with E-state index in [4.69, 9.17) is 4.74 Å². The predicted octanol–water partition coefficient (Wildman–Crippen LogP) is 5.27. The summed E-state index contributed by atoms with van der Waals surface area (Å²) >= 11 is 0. The van der Waals surface area contributed by atoms with Gasteiger partial charge in [-0.1, -0.05) is 92.8 Å². The van der Waals surface area contributed by atoms with Crippen molar-refractivity contribution in [2.45, 2.75) is 57.5 Å². The fraction of sp³-hybridized carbons (Fsp3) is 0.538. The number of unbranched alkanes of at least 4 members (excludes halogenated alkanes) is 3. The van der Waals surface area contributed by atoms with Crippen LogP contribution in [0.5, 0.6) is 0 Å². The molecule has 0 aliphatic carbocycles. The third-order valence-corrected chi connectivity index (χ3v) is 6.29. The first-order chi connectivity index (χ1) is 14.1. The highest BCUT2D eigenvalue weighted by atomic mass is 16.5. The van der Waals surface area contributed by atoms with E-state index in [2.05, 4.69) is 73.3 Å². The molecule has 0 radical (unpaired) electrons. The smallest absolute Gasteiger partial charge is 0.0977 e. The molecule has 1 heterocycles. The summed E-state index contributed by atoms with van der Waals surface area (Å²) in [5, 5.41) is 12.3. The summed E-state index contributed by atoms with van der Waals surface area (Å²) in [6.07, 6.45) is 5.44. The lowest BCUT2D eigenvalue weighted by molar-refractivity contribution is -0.0296. The third-order valence-electron chi connectivity index (χ3n) is 6.29. The molecule has 1 aliphatic heterocycles. The maximum Gasteiger partial charge on any atom is 0.0977 e. The number of morpholine rings is 1. The van der Waals surface area contributed by atoms with Crippen LogP contribution >= 0.6 is 0 Å². The van der Waals surface area contributed by atoms with E-state index in [1.54, 1.807) is 0 Å². The molecule has 0 saturated carbocycles. The third kappa shape index (κ3) is 5.91. The van der Waals surface area contributed by atoms with Crippen LogP contribution in [0.3, 0.4) is 0 Å². The van der Waals surface area contributed by atoms with Crippen molar-refractivity contribution in [3.8, 4) is 0 Å². The lowest BCUT2D eigenvalue weighted by atomic mass is 9.73. The average molecular weight is 396 g/mol. The Bertz CT molecular complexity index is 709. The SMILES string of the molecule is CCCCCC[C@](O)(c1ccc(C)cc1)[C@H](CN1CCOCC1)c1ccccc1. The molecule has 3 heteroatoms. The minimum atomic E-state index is -0.874. The summed E-state index contributed by atoms with van der Waals surface area (Å²) in [5.41, 5.74) is 2.62. The van der Waals surface area contributed by atoms with Crippen LogP contribution in [0.1, 0.15) is 61.6 Å². The van der Waals surface area contributed by atoms with E-state index < -0.39 is 5.60 Å². The van der Waals surface area contributed by atoms with E-state index in [0.717, 1.165) is 51.3 Å². The summed E-state index contributed by atoms with van der Waals surface area (Å²) in [6, 6.07) is 19.1. The van der Waals surface area contributed by atoms with Gasteiger partial charge in [-0.2, -0.15) is 0 Å². The Morgan fingerprint density at radius 3 is 2.31 bits per heavy atom. The number of hydrogen-bond acceptors (Lipinski definition) is 3. The Morgan fingerprint density at radius 1 is 0.966 bits per heavy atom. The zero-order valence-electron chi connectivity index (χ0n) is 18.1. The van der Waals surface area contributed by atoms with Crippen LogP contribution in [-0.2, 0) is 10.3 Å². The minimum Gasteiger partial charge on any atom is -0.384 e. The standard InChI is InChI=1S/C26H37NO2/c1-3-4-5-9-16-26(28,24-14-12-22(2)13-15-24)25(23-10-7-6-8-11-23)21-27-17-19-29-20-18-27/h6-8,10-15,25,28H,3-5,9,16-21H2,1-2H3/t25-,26+/m1/s1. The van der Waals surface area contributed by atoms with Crippen molar-refractivity contribution in [1.82, 2.24) is 4.90 Å². The van der Waals surface area contributed by atoms with Crippen LogP contribution in [-0.4, -0.2) is 42.9 Å². The molecule has 3 nitrogen and oxygen atoms in total. The molecule has 2 atom stereocenters. The van der Waals surface area contributed by atoms with Crippen LogP contribution in [0.4, 0.5) is 0 Å². The Kier molecular flexibility index (Phi) is 8.29. The van der Waals surface area contributed by atoms with Gasteiger partial charge < -0.3 is 9.84 Å². The fourth-order valence-corrected chi connectivity index (χ4v) is 4.44. The molecule has 0 unspecified atom stereocenters. The number of rotatable bonds is 10. The number of ether oxygens (including phenoxy) is 1. The van der Waals surface area contributed by atoms with E-state index in [1.807, 2.05) is 0 Å². The molecule has 0 bridgehead atoms. The molecule has 2 aromatic rings. The van der Waals surface area contributed by atoms with Gasteiger partial charge >= 0.3 is 0 Å². The monoisotopic (exact) mass is 395 g/mol. The van der Waals surface area contributed by atoms with Crippen LogP contribution in [0.25, 0.3) is 0 Å². The van der Waals surface area contributed by atoms with E-state index in [-0.39, 0.29) is 5.92 Å². The normalized spacial score (nSPS) is 18.3. The predicted molar refractivity (Wildman–Crippen MR) is 120 cm³/mol. The van der Waals surface area contributed by atoms with Gasteiger partial charge in [-0.3, -0.25) is 4.90 Å². The summed E-state index contributed by atoms with van der Waals surface area (Å²) in [5.74, 6) is 0.0335.